The van der Waals surface area contributed by atoms with Gasteiger partial charge in [0.2, 0.25) is 0 Å². The number of benzene rings is 1. The highest BCUT2D eigenvalue weighted by atomic mass is 79.9. The van der Waals surface area contributed by atoms with Crippen LogP contribution in [0.2, 0.25) is 0 Å². The van der Waals surface area contributed by atoms with E-state index in [0.29, 0.717) is 11.8 Å². The van der Waals surface area contributed by atoms with Gasteiger partial charge in [0, 0.05) is 11.9 Å². The minimum atomic E-state index is -0.792. The van der Waals surface area contributed by atoms with Crippen LogP contribution in [0.5, 0.6) is 0 Å². The third-order valence-corrected chi connectivity index (χ3v) is 3.69. The lowest BCUT2D eigenvalue weighted by Gasteiger charge is -2.21. The Morgan fingerprint density at radius 1 is 1.29 bits per heavy atom. The van der Waals surface area contributed by atoms with Gasteiger partial charge in [-0.25, -0.2) is 0 Å². The third-order valence-electron chi connectivity index (χ3n) is 3.23. The van der Waals surface area contributed by atoms with Crippen molar-refractivity contribution in [2.75, 3.05) is 11.9 Å². The second kappa shape index (κ2) is 5.96. The summed E-state index contributed by atoms with van der Waals surface area (Å²) in [7, 11) is 0. The Labute approximate surface area is 110 Å². The lowest BCUT2D eigenvalue weighted by Crippen LogP contribution is -2.24. The Balaban J connectivity index is 2.15. The molecule has 0 saturated heterocycles. The van der Waals surface area contributed by atoms with Gasteiger partial charge in [-0.2, -0.15) is 0 Å². The van der Waals surface area contributed by atoms with Crippen molar-refractivity contribution in [3.8, 4) is 0 Å². The molecule has 0 spiro atoms. The van der Waals surface area contributed by atoms with E-state index in [4.69, 9.17) is 0 Å². The minimum Gasteiger partial charge on any atom is -0.390 e. The number of hydrogen-bond donors (Lipinski definition) is 3. The van der Waals surface area contributed by atoms with Gasteiger partial charge in [0.15, 0.2) is 0 Å². The molecule has 1 heterocycles. The molecular formula is C13H18BrNO2. The minimum absolute atomic E-state index is 0.552. The number of fused-ring (bicyclic) bond motifs is 1. The summed E-state index contributed by atoms with van der Waals surface area (Å²) in [5.41, 5.74) is 3.38. The van der Waals surface area contributed by atoms with Crippen molar-refractivity contribution in [1.29, 1.82) is 0 Å². The highest BCUT2D eigenvalue weighted by Gasteiger charge is 2.19. The van der Waals surface area contributed by atoms with E-state index >= 15 is 0 Å². The molecule has 0 aliphatic carbocycles. The fraction of sp³-hybridized carbons (Fsp3) is 0.538. The van der Waals surface area contributed by atoms with Crippen LogP contribution in [0.25, 0.3) is 0 Å². The zero-order valence-corrected chi connectivity index (χ0v) is 11.3. The van der Waals surface area contributed by atoms with Crippen molar-refractivity contribution >= 4 is 15.9 Å². The summed E-state index contributed by atoms with van der Waals surface area (Å²) in [5.74, 6) is 0. The summed E-state index contributed by atoms with van der Waals surface area (Å²) in [6.45, 7) is 1.87. The van der Waals surface area contributed by atoms with Crippen molar-refractivity contribution in [1.82, 2.24) is 5.32 Å². The Hall–Kier alpha value is -0.420. The van der Waals surface area contributed by atoms with E-state index in [1.54, 1.807) is 0 Å². The summed E-state index contributed by atoms with van der Waals surface area (Å²) in [6, 6.07) is 5.99. The molecule has 0 bridgehead atoms. The largest absolute Gasteiger partial charge is 0.390 e. The van der Waals surface area contributed by atoms with E-state index in [9.17, 15) is 10.2 Å². The lowest BCUT2D eigenvalue weighted by atomic mass is 9.94. The van der Waals surface area contributed by atoms with E-state index < -0.39 is 12.2 Å². The molecule has 2 atom stereocenters. The van der Waals surface area contributed by atoms with Gasteiger partial charge in [-0.3, -0.25) is 0 Å². The van der Waals surface area contributed by atoms with Gasteiger partial charge in [-0.15, -0.1) is 0 Å². The number of halogens is 1. The lowest BCUT2D eigenvalue weighted by molar-refractivity contribution is 0.0173. The van der Waals surface area contributed by atoms with E-state index in [1.807, 2.05) is 12.1 Å². The molecule has 3 N–H and O–H groups in total. The number of alkyl halides is 1. The fourth-order valence-electron chi connectivity index (χ4n) is 2.18. The molecule has 1 aliphatic rings. The first kappa shape index (κ1) is 13.0. The van der Waals surface area contributed by atoms with Crippen molar-refractivity contribution in [3.63, 3.8) is 0 Å². The Kier molecular flexibility index (Phi) is 4.56. The number of hydrogen-bond acceptors (Lipinski definition) is 3. The van der Waals surface area contributed by atoms with Gasteiger partial charge >= 0.3 is 0 Å². The van der Waals surface area contributed by atoms with Crippen LogP contribution in [-0.2, 0) is 13.0 Å². The Morgan fingerprint density at radius 2 is 2.12 bits per heavy atom. The van der Waals surface area contributed by atoms with Crippen LogP contribution in [0.4, 0.5) is 0 Å². The molecule has 2 rings (SSSR count). The Bertz CT molecular complexity index is 384. The second-order valence-electron chi connectivity index (χ2n) is 4.44. The molecule has 0 radical (unpaired) electrons. The van der Waals surface area contributed by atoms with E-state index in [2.05, 4.69) is 27.3 Å². The van der Waals surface area contributed by atoms with Gasteiger partial charge in [-0.05, 0) is 36.1 Å². The molecule has 0 amide bonds. The predicted molar refractivity (Wildman–Crippen MR) is 71.2 cm³/mol. The van der Waals surface area contributed by atoms with Crippen LogP contribution in [0, 0.1) is 0 Å². The fourth-order valence-corrected chi connectivity index (χ4v) is 2.65. The maximum absolute atomic E-state index is 10.0. The number of rotatable bonds is 4. The molecule has 94 valence electrons. The van der Waals surface area contributed by atoms with Gasteiger partial charge < -0.3 is 15.5 Å². The van der Waals surface area contributed by atoms with E-state index in [-0.39, 0.29) is 0 Å². The number of nitrogens with one attached hydrogen (secondary N) is 1. The summed E-state index contributed by atoms with van der Waals surface area (Å²) in [5, 5.41) is 23.8. The predicted octanol–water partition coefficient (Wildman–Crippen LogP) is 1.51. The van der Waals surface area contributed by atoms with Crippen molar-refractivity contribution < 1.29 is 10.2 Å². The molecule has 0 saturated carbocycles. The monoisotopic (exact) mass is 299 g/mol. The molecular weight excluding hydrogens is 282 g/mol. The molecule has 2 unspecified atom stereocenters. The average Bonchev–Trinajstić information content (AvgIpc) is 2.37. The Morgan fingerprint density at radius 3 is 2.88 bits per heavy atom. The molecule has 1 aromatic carbocycles. The van der Waals surface area contributed by atoms with Crippen LogP contribution in [0.15, 0.2) is 18.2 Å². The molecule has 0 aromatic heterocycles. The highest BCUT2D eigenvalue weighted by Crippen LogP contribution is 2.23. The average molecular weight is 300 g/mol. The first-order valence-corrected chi connectivity index (χ1v) is 7.09. The standard InChI is InChI=1S/C13H18BrNO2/c14-5-3-12(16)13(17)10-2-1-9-4-6-15-8-11(9)7-10/h1-2,7,12-13,15-17H,3-6,8H2. The maximum atomic E-state index is 10.0. The summed E-state index contributed by atoms with van der Waals surface area (Å²) < 4.78 is 0. The van der Waals surface area contributed by atoms with Crippen LogP contribution in [0.3, 0.4) is 0 Å². The topological polar surface area (TPSA) is 52.5 Å². The first-order chi connectivity index (χ1) is 8.22. The van der Waals surface area contributed by atoms with E-state index in [0.717, 1.165) is 25.1 Å². The molecule has 0 fully saturated rings. The number of aliphatic hydroxyl groups excluding tert-OH is 2. The molecule has 3 nitrogen and oxygen atoms in total. The molecule has 1 aliphatic heterocycles. The van der Waals surface area contributed by atoms with Crippen LogP contribution < -0.4 is 5.32 Å². The van der Waals surface area contributed by atoms with Gasteiger partial charge in [-0.1, -0.05) is 34.1 Å². The zero-order chi connectivity index (χ0) is 12.3. The third kappa shape index (κ3) is 3.07. The van der Waals surface area contributed by atoms with E-state index in [1.165, 1.54) is 11.1 Å². The van der Waals surface area contributed by atoms with Gasteiger partial charge in [0.05, 0.1) is 6.10 Å². The SMILES string of the molecule is OC(CCBr)C(O)c1ccc2c(c1)CNCC2. The quantitative estimate of drug-likeness (QED) is 0.739. The normalized spacial score (nSPS) is 18.5. The van der Waals surface area contributed by atoms with Crippen molar-refractivity contribution in [3.05, 3.63) is 34.9 Å². The maximum Gasteiger partial charge on any atom is 0.105 e. The van der Waals surface area contributed by atoms with Crippen molar-refractivity contribution in [2.24, 2.45) is 0 Å². The van der Waals surface area contributed by atoms with Gasteiger partial charge in [0.25, 0.3) is 0 Å². The second-order valence-corrected chi connectivity index (χ2v) is 5.24. The summed E-state index contributed by atoms with van der Waals surface area (Å²) in [6.07, 6.45) is 0.0929. The van der Waals surface area contributed by atoms with Crippen LogP contribution in [0.1, 0.15) is 29.2 Å². The summed E-state index contributed by atoms with van der Waals surface area (Å²) >= 11 is 3.27. The van der Waals surface area contributed by atoms with Crippen molar-refractivity contribution in [2.45, 2.75) is 31.6 Å². The molecule has 17 heavy (non-hydrogen) atoms. The molecule has 4 heteroatoms. The highest BCUT2D eigenvalue weighted by molar-refractivity contribution is 9.09. The van der Waals surface area contributed by atoms with Gasteiger partial charge in [0.1, 0.15) is 6.10 Å². The number of aliphatic hydroxyl groups is 2. The first-order valence-electron chi connectivity index (χ1n) is 5.97. The smallest absolute Gasteiger partial charge is 0.105 e. The van der Waals surface area contributed by atoms with Crippen LogP contribution in [-0.4, -0.2) is 28.2 Å². The summed E-state index contributed by atoms with van der Waals surface area (Å²) in [4.78, 5) is 0. The molecule has 1 aromatic rings. The van der Waals surface area contributed by atoms with Crippen LogP contribution >= 0.6 is 15.9 Å². The zero-order valence-electron chi connectivity index (χ0n) is 9.69.